The van der Waals surface area contributed by atoms with Gasteiger partial charge >= 0.3 is 0 Å². The maximum atomic E-state index is 5.82. The van der Waals surface area contributed by atoms with E-state index in [-0.39, 0.29) is 0 Å². The van der Waals surface area contributed by atoms with Crippen molar-refractivity contribution >= 4 is 5.71 Å². The first kappa shape index (κ1) is 13.9. The molecule has 1 aliphatic heterocycles. The van der Waals surface area contributed by atoms with Crippen LogP contribution in [0.25, 0.3) is 0 Å². The lowest BCUT2D eigenvalue weighted by atomic mass is 9.97. The topological polar surface area (TPSA) is 30.8 Å². The van der Waals surface area contributed by atoms with E-state index in [0.29, 0.717) is 0 Å². The highest BCUT2D eigenvalue weighted by Crippen LogP contribution is 2.33. The predicted octanol–water partition coefficient (Wildman–Crippen LogP) is 3.63. The Morgan fingerprint density at radius 3 is 2.32 bits per heavy atom. The smallest absolute Gasteiger partial charge is 0.161 e. The Kier molecular flexibility index (Phi) is 4.83. The third-order valence-corrected chi connectivity index (χ3v) is 3.21. The second-order valence-corrected chi connectivity index (χ2v) is 4.87. The molecule has 0 bridgehead atoms. The van der Waals surface area contributed by atoms with Gasteiger partial charge in [0.25, 0.3) is 0 Å². The van der Waals surface area contributed by atoms with Crippen LogP contribution in [0.4, 0.5) is 0 Å². The van der Waals surface area contributed by atoms with Crippen molar-refractivity contribution < 1.29 is 9.47 Å². The number of hydrogen-bond acceptors (Lipinski definition) is 3. The summed E-state index contributed by atoms with van der Waals surface area (Å²) in [6, 6.07) is 4.22. The van der Waals surface area contributed by atoms with Gasteiger partial charge in [-0.1, -0.05) is 13.8 Å². The Bertz CT molecular complexity index is 466. The van der Waals surface area contributed by atoms with Gasteiger partial charge in [-0.05, 0) is 43.9 Å². The summed E-state index contributed by atoms with van der Waals surface area (Å²) in [6.07, 6.45) is 2.99. The summed E-state index contributed by atoms with van der Waals surface area (Å²) in [6.45, 7) is 8.61. The van der Waals surface area contributed by atoms with Gasteiger partial charge in [0.2, 0.25) is 0 Å². The van der Waals surface area contributed by atoms with E-state index in [1.54, 1.807) is 0 Å². The Morgan fingerprint density at radius 1 is 1.05 bits per heavy atom. The number of aliphatic imine (C=N–C) groups is 1. The van der Waals surface area contributed by atoms with Crippen LogP contribution in [0.2, 0.25) is 0 Å². The maximum absolute atomic E-state index is 5.82. The van der Waals surface area contributed by atoms with Crippen molar-refractivity contribution in [2.45, 2.75) is 40.0 Å². The molecule has 0 aromatic heterocycles. The molecule has 0 saturated heterocycles. The Balaban J connectivity index is 2.32. The molecule has 2 rings (SSSR count). The monoisotopic (exact) mass is 261 g/mol. The van der Waals surface area contributed by atoms with Crippen LogP contribution in [-0.4, -0.2) is 25.5 Å². The van der Waals surface area contributed by atoms with Gasteiger partial charge in [0.1, 0.15) is 0 Å². The summed E-state index contributed by atoms with van der Waals surface area (Å²) in [5.74, 6) is 1.73. The first-order chi connectivity index (χ1) is 9.26. The molecule has 0 amide bonds. The van der Waals surface area contributed by atoms with Crippen molar-refractivity contribution in [1.29, 1.82) is 0 Å². The second-order valence-electron chi connectivity index (χ2n) is 4.87. The third-order valence-electron chi connectivity index (χ3n) is 3.21. The molecule has 0 N–H and O–H groups in total. The van der Waals surface area contributed by atoms with Gasteiger partial charge in [-0.2, -0.15) is 0 Å². The minimum Gasteiger partial charge on any atom is -0.490 e. The number of fused-ring (bicyclic) bond motifs is 1. The first-order valence-corrected chi connectivity index (χ1v) is 7.20. The van der Waals surface area contributed by atoms with E-state index in [4.69, 9.17) is 9.47 Å². The van der Waals surface area contributed by atoms with E-state index in [0.717, 1.165) is 56.2 Å². The van der Waals surface area contributed by atoms with Gasteiger partial charge in [0.05, 0.1) is 13.2 Å². The average Bonchev–Trinajstić information content (AvgIpc) is 2.43. The van der Waals surface area contributed by atoms with Crippen molar-refractivity contribution in [3.05, 3.63) is 23.3 Å². The van der Waals surface area contributed by atoms with E-state index in [9.17, 15) is 0 Å². The fourth-order valence-corrected chi connectivity index (χ4v) is 2.22. The maximum Gasteiger partial charge on any atom is 0.161 e. The van der Waals surface area contributed by atoms with Crippen LogP contribution in [0.5, 0.6) is 11.5 Å². The van der Waals surface area contributed by atoms with Gasteiger partial charge in [-0.15, -0.1) is 0 Å². The molecule has 0 unspecified atom stereocenters. The van der Waals surface area contributed by atoms with E-state index in [2.05, 4.69) is 37.9 Å². The lowest BCUT2D eigenvalue weighted by Crippen LogP contribution is -2.11. The molecule has 1 heterocycles. The zero-order chi connectivity index (χ0) is 13.7. The largest absolute Gasteiger partial charge is 0.490 e. The van der Waals surface area contributed by atoms with Gasteiger partial charge in [0.15, 0.2) is 11.5 Å². The Morgan fingerprint density at radius 2 is 1.68 bits per heavy atom. The summed E-state index contributed by atoms with van der Waals surface area (Å²) in [4.78, 5) is 4.50. The molecule has 0 spiro atoms. The molecule has 0 fully saturated rings. The zero-order valence-corrected chi connectivity index (χ0v) is 12.2. The molecular weight excluding hydrogens is 238 g/mol. The van der Waals surface area contributed by atoms with Crippen molar-refractivity contribution in [1.82, 2.24) is 0 Å². The van der Waals surface area contributed by atoms with Crippen molar-refractivity contribution in [2.24, 2.45) is 4.99 Å². The fourth-order valence-electron chi connectivity index (χ4n) is 2.22. The molecule has 0 radical (unpaired) electrons. The number of rotatable bonds is 6. The normalized spacial score (nSPS) is 13.7. The molecule has 1 aromatic rings. The molecule has 1 aliphatic rings. The Labute approximate surface area is 115 Å². The molecule has 3 nitrogen and oxygen atoms in total. The number of hydrogen-bond donors (Lipinski definition) is 0. The molecule has 104 valence electrons. The van der Waals surface area contributed by atoms with Crippen LogP contribution in [0, 0.1) is 0 Å². The van der Waals surface area contributed by atoms with Crippen LogP contribution in [0.15, 0.2) is 17.1 Å². The molecule has 0 aliphatic carbocycles. The minimum absolute atomic E-state index is 0.720. The Hall–Kier alpha value is -1.51. The first-order valence-electron chi connectivity index (χ1n) is 7.20. The highest BCUT2D eigenvalue weighted by molar-refractivity contribution is 6.01. The van der Waals surface area contributed by atoms with Gasteiger partial charge < -0.3 is 9.47 Å². The molecule has 19 heavy (non-hydrogen) atoms. The van der Waals surface area contributed by atoms with E-state index < -0.39 is 0 Å². The van der Waals surface area contributed by atoms with Crippen LogP contribution < -0.4 is 9.47 Å². The standard InChI is InChI=1S/C16H23NO2/c1-4-8-18-15-10-13-6-7-17-12(3)14(13)11-16(15)19-9-5-2/h10-11H,4-9H2,1-3H3. The summed E-state index contributed by atoms with van der Waals surface area (Å²) in [5, 5.41) is 0. The summed E-state index contributed by atoms with van der Waals surface area (Å²) >= 11 is 0. The lowest BCUT2D eigenvalue weighted by molar-refractivity contribution is 0.268. The summed E-state index contributed by atoms with van der Waals surface area (Å²) in [5.41, 5.74) is 3.63. The highest BCUT2D eigenvalue weighted by atomic mass is 16.5. The highest BCUT2D eigenvalue weighted by Gasteiger charge is 2.16. The van der Waals surface area contributed by atoms with Crippen LogP contribution in [0.3, 0.4) is 0 Å². The van der Waals surface area contributed by atoms with Crippen molar-refractivity contribution in [3.8, 4) is 11.5 Å². The second kappa shape index (κ2) is 6.60. The molecular formula is C16H23NO2. The molecule has 3 heteroatoms. The van der Waals surface area contributed by atoms with Gasteiger partial charge in [0, 0.05) is 17.8 Å². The molecule has 0 atom stereocenters. The van der Waals surface area contributed by atoms with Crippen molar-refractivity contribution in [3.63, 3.8) is 0 Å². The molecule has 0 saturated carbocycles. The third kappa shape index (κ3) is 3.28. The number of ether oxygens (including phenoxy) is 2. The fraction of sp³-hybridized carbons (Fsp3) is 0.562. The predicted molar refractivity (Wildman–Crippen MR) is 78.8 cm³/mol. The lowest BCUT2D eigenvalue weighted by Gasteiger charge is -2.19. The number of benzene rings is 1. The van der Waals surface area contributed by atoms with Crippen LogP contribution in [0.1, 0.15) is 44.7 Å². The minimum atomic E-state index is 0.720. The summed E-state index contributed by atoms with van der Waals surface area (Å²) in [7, 11) is 0. The number of nitrogens with zero attached hydrogens (tertiary/aromatic N) is 1. The van der Waals surface area contributed by atoms with Crippen LogP contribution in [-0.2, 0) is 6.42 Å². The van der Waals surface area contributed by atoms with E-state index in [1.165, 1.54) is 11.1 Å². The van der Waals surface area contributed by atoms with E-state index >= 15 is 0 Å². The average molecular weight is 261 g/mol. The van der Waals surface area contributed by atoms with E-state index in [1.807, 2.05) is 0 Å². The summed E-state index contributed by atoms with van der Waals surface area (Å²) < 4.78 is 11.6. The SMILES string of the molecule is CCCOc1cc2c(cc1OCCC)C(C)=NCC2. The van der Waals surface area contributed by atoms with Gasteiger partial charge in [-0.25, -0.2) is 0 Å². The zero-order valence-electron chi connectivity index (χ0n) is 12.2. The van der Waals surface area contributed by atoms with Crippen molar-refractivity contribution in [2.75, 3.05) is 19.8 Å². The molecule has 1 aromatic carbocycles. The quantitative estimate of drug-likeness (QED) is 0.783. The van der Waals surface area contributed by atoms with Crippen LogP contribution >= 0.6 is 0 Å². The van der Waals surface area contributed by atoms with Gasteiger partial charge in [-0.3, -0.25) is 4.99 Å².